The number of amides is 1. The van der Waals surface area contributed by atoms with Crippen molar-refractivity contribution in [1.82, 2.24) is 4.90 Å². The smallest absolute Gasteiger partial charge is 0.257 e. The second-order valence-corrected chi connectivity index (χ2v) is 7.50. The molecule has 0 unspecified atom stereocenters. The summed E-state index contributed by atoms with van der Waals surface area (Å²) in [6, 6.07) is 10.1. The standard InChI is InChI=1S/C18H25NO3S/c1-12(2)14-11-21-15(9-10-23-3)19(14)18(20)17-16(22-17)13-7-5-4-6-8-13/h4-8,12,14-17H,9-11H2,1-3H3/t14-,15-,16-,17-/m1/s1. The second kappa shape index (κ2) is 7.24. The summed E-state index contributed by atoms with van der Waals surface area (Å²) in [5.74, 6) is 1.46. The first-order chi connectivity index (χ1) is 11.1. The summed E-state index contributed by atoms with van der Waals surface area (Å²) in [6.45, 7) is 4.92. The van der Waals surface area contributed by atoms with Crippen molar-refractivity contribution in [2.75, 3.05) is 18.6 Å². The Balaban J connectivity index is 1.70. The third kappa shape index (κ3) is 3.57. The fourth-order valence-electron chi connectivity index (χ4n) is 3.19. The maximum Gasteiger partial charge on any atom is 0.257 e. The number of nitrogens with zero attached hydrogens (tertiary/aromatic N) is 1. The number of rotatable bonds is 6. The van der Waals surface area contributed by atoms with E-state index in [1.165, 1.54) is 0 Å². The average Bonchev–Trinajstić information content (AvgIpc) is 3.25. The summed E-state index contributed by atoms with van der Waals surface area (Å²) in [5, 5.41) is 0. The van der Waals surface area contributed by atoms with E-state index in [4.69, 9.17) is 9.47 Å². The van der Waals surface area contributed by atoms with Gasteiger partial charge in [-0.25, -0.2) is 0 Å². The Hall–Kier alpha value is -1.04. The summed E-state index contributed by atoms with van der Waals surface area (Å²) >= 11 is 1.78. The van der Waals surface area contributed by atoms with Gasteiger partial charge in [-0.1, -0.05) is 44.2 Å². The van der Waals surface area contributed by atoms with Crippen molar-refractivity contribution in [1.29, 1.82) is 0 Å². The van der Waals surface area contributed by atoms with E-state index >= 15 is 0 Å². The van der Waals surface area contributed by atoms with Crippen LogP contribution in [-0.2, 0) is 14.3 Å². The number of epoxide rings is 1. The molecule has 1 aromatic rings. The van der Waals surface area contributed by atoms with E-state index in [1.807, 2.05) is 35.2 Å². The molecule has 0 N–H and O–H groups in total. The fourth-order valence-corrected chi connectivity index (χ4v) is 3.62. The summed E-state index contributed by atoms with van der Waals surface area (Å²) in [4.78, 5) is 14.9. The average molecular weight is 335 g/mol. The van der Waals surface area contributed by atoms with Gasteiger partial charge < -0.3 is 14.4 Å². The van der Waals surface area contributed by atoms with E-state index in [1.54, 1.807) is 11.8 Å². The molecule has 2 saturated heterocycles. The maximum absolute atomic E-state index is 13.0. The van der Waals surface area contributed by atoms with Crippen LogP contribution in [0.25, 0.3) is 0 Å². The highest BCUT2D eigenvalue weighted by Crippen LogP contribution is 2.41. The highest BCUT2D eigenvalue weighted by atomic mass is 32.2. The molecule has 1 amide bonds. The number of thioether (sulfide) groups is 1. The SMILES string of the molecule is CSCC[C@H]1OC[C@H](C(C)C)N1C(=O)[C@@H]1O[C@@H]1c1ccccc1. The molecule has 0 radical (unpaired) electrons. The lowest BCUT2D eigenvalue weighted by atomic mass is 10.0. The van der Waals surface area contributed by atoms with E-state index < -0.39 is 0 Å². The van der Waals surface area contributed by atoms with Crippen LogP contribution in [0.4, 0.5) is 0 Å². The largest absolute Gasteiger partial charge is 0.356 e. The first-order valence-corrected chi connectivity index (χ1v) is 9.66. The highest BCUT2D eigenvalue weighted by molar-refractivity contribution is 7.98. The van der Waals surface area contributed by atoms with Crippen LogP contribution >= 0.6 is 11.8 Å². The predicted molar refractivity (Wildman–Crippen MR) is 92.3 cm³/mol. The lowest BCUT2D eigenvalue weighted by Gasteiger charge is -2.30. The van der Waals surface area contributed by atoms with Crippen molar-refractivity contribution in [2.24, 2.45) is 5.92 Å². The number of ether oxygens (including phenoxy) is 2. The van der Waals surface area contributed by atoms with Gasteiger partial charge in [-0.3, -0.25) is 4.79 Å². The molecule has 126 valence electrons. The Morgan fingerprint density at radius 2 is 2.09 bits per heavy atom. The number of carbonyl (C=O) groups excluding carboxylic acids is 1. The zero-order valence-electron chi connectivity index (χ0n) is 14.0. The second-order valence-electron chi connectivity index (χ2n) is 6.51. The summed E-state index contributed by atoms with van der Waals surface area (Å²) in [6.07, 6.45) is 2.40. The molecule has 3 rings (SSSR count). The Morgan fingerprint density at radius 3 is 2.74 bits per heavy atom. The summed E-state index contributed by atoms with van der Waals surface area (Å²) < 4.78 is 11.6. The van der Waals surface area contributed by atoms with E-state index in [0.29, 0.717) is 12.5 Å². The highest BCUT2D eigenvalue weighted by Gasteiger charge is 2.52. The van der Waals surface area contributed by atoms with Gasteiger partial charge in [-0.2, -0.15) is 11.8 Å². The summed E-state index contributed by atoms with van der Waals surface area (Å²) in [7, 11) is 0. The van der Waals surface area contributed by atoms with Crippen molar-refractivity contribution in [2.45, 2.75) is 44.7 Å². The molecule has 2 fully saturated rings. The first kappa shape index (κ1) is 16.8. The Bertz CT molecular complexity index is 536. The van der Waals surface area contributed by atoms with Crippen molar-refractivity contribution in [3.05, 3.63) is 35.9 Å². The van der Waals surface area contributed by atoms with Gasteiger partial charge in [-0.15, -0.1) is 0 Å². The van der Waals surface area contributed by atoms with Gasteiger partial charge in [0.2, 0.25) is 0 Å². The molecule has 0 bridgehead atoms. The Morgan fingerprint density at radius 1 is 1.35 bits per heavy atom. The topological polar surface area (TPSA) is 42.1 Å². The van der Waals surface area contributed by atoms with Gasteiger partial charge in [0.25, 0.3) is 5.91 Å². The first-order valence-electron chi connectivity index (χ1n) is 8.26. The molecule has 0 spiro atoms. The van der Waals surface area contributed by atoms with Crippen LogP contribution in [0, 0.1) is 5.92 Å². The lowest BCUT2D eigenvalue weighted by Crippen LogP contribution is -2.46. The minimum atomic E-state index is -0.350. The van der Waals surface area contributed by atoms with Crippen LogP contribution in [0.2, 0.25) is 0 Å². The number of carbonyl (C=O) groups is 1. The van der Waals surface area contributed by atoms with Gasteiger partial charge in [0.05, 0.1) is 12.6 Å². The van der Waals surface area contributed by atoms with Crippen LogP contribution < -0.4 is 0 Å². The van der Waals surface area contributed by atoms with Crippen LogP contribution in [0.15, 0.2) is 30.3 Å². The Labute approximate surface area is 142 Å². The van der Waals surface area contributed by atoms with Gasteiger partial charge >= 0.3 is 0 Å². The number of benzene rings is 1. The molecule has 0 aromatic heterocycles. The maximum atomic E-state index is 13.0. The molecule has 4 atom stereocenters. The normalized spacial score (nSPS) is 30.0. The van der Waals surface area contributed by atoms with Crippen molar-refractivity contribution >= 4 is 17.7 Å². The minimum Gasteiger partial charge on any atom is -0.356 e. The molecule has 1 aromatic carbocycles. The van der Waals surface area contributed by atoms with E-state index in [-0.39, 0.29) is 30.4 Å². The number of hydrogen-bond donors (Lipinski definition) is 0. The van der Waals surface area contributed by atoms with Gasteiger partial charge in [0, 0.05) is 6.42 Å². The van der Waals surface area contributed by atoms with Crippen LogP contribution in [-0.4, -0.2) is 47.8 Å². The van der Waals surface area contributed by atoms with Crippen molar-refractivity contribution < 1.29 is 14.3 Å². The van der Waals surface area contributed by atoms with Gasteiger partial charge in [0.1, 0.15) is 12.3 Å². The van der Waals surface area contributed by atoms with Crippen LogP contribution in [0.3, 0.4) is 0 Å². The summed E-state index contributed by atoms with van der Waals surface area (Å²) in [5.41, 5.74) is 1.08. The monoisotopic (exact) mass is 335 g/mol. The molecule has 0 aliphatic carbocycles. The fraction of sp³-hybridized carbons (Fsp3) is 0.611. The molecular weight excluding hydrogens is 310 g/mol. The third-order valence-corrected chi connectivity index (χ3v) is 5.23. The van der Waals surface area contributed by atoms with E-state index in [2.05, 4.69) is 20.1 Å². The lowest BCUT2D eigenvalue weighted by molar-refractivity contribution is -0.139. The molecule has 2 aliphatic rings. The number of hydrogen-bond acceptors (Lipinski definition) is 4. The molecule has 2 aliphatic heterocycles. The molecule has 23 heavy (non-hydrogen) atoms. The van der Waals surface area contributed by atoms with E-state index in [0.717, 1.165) is 17.7 Å². The quantitative estimate of drug-likeness (QED) is 0.749. The molecule has 0 saturated carbocycles. The third-order valence-electron chi connectivity index (χ3n) is 4.58. The molecule has 2 heterocycles. The van der Waals surface area contributed by atoms with Crippen molar-refractivity contribution in [3.8, 4) is 0 Å². The van der Waals surface area contributed by atoms with Crippen LogP contribution in [0.1, 0.15) is 31.9 Å². The van der Waals surface area contributed by atoms with Gasteiger partial charge in [0.15, 0.2) is 6.10 Å². The minimum absolute atomic E-state index is 0.0844. The van der Waals surface area contributed by atoms with Crippen LogP contribution in [0.5, 0.6) is 0 Å². The van der Waals surface area contributed by atoms with Crippen molar-refractivity contribution in [3.63, 3.8) is 0 Å². The molecular formula is C18H25NO3S. The Kier molecular flexibility index (Phi) is 5.29. The predicted octanol–water partition coefficient (Wildman–Crippen LogP) is 3.09. The zero-order valence-corrected chi connectivity index (χ0v) is 14.8. The zero-order chi connectivity index (χ0) is 16.4. The molecule has 5 heteroatoms. The molecule has 4 nitrogen and oxygen atoms in total. The van der Waals surface area contributed by atoms with Gasteiger partial charge in [-0.05, 0) is 23.5 Å². The van der Waals surface area contributed by atoms with E-state index in [9.17, 15) is 4.79 Å².